The van der Waals surface area contributed by atoms with E-state index in [9.17, 15) is 14.9 Å². The zero-order chi connectivity index (χ0) is 13.8. The van der Waals surface area contributed by atoms with Crippen molar-refractivity contribution < 1.29 is 14.8 Å². The Balaban J connectivity index is 2.65. The number of carboxylic acids is 1. The van der Waals surface area contributed by atoms with E-state index in [0.717, 1.165) is 12.4 Å². The first kappa shape index (κ1) is 13.8. The second kappa shape index (κ2) is 5.39. The third kappa shape index (κ3) is 4.32. The standard InChI is InChI=1S/C10H14N4O4/c1-10(2,4-3-8(15)16)13-9-11-5-7(6-12-9)14(17)18/h5-6H,3-4H2,1-2H3,(H,15,16)(H,11,12,13). The number of rotatable bonds is 6. The Hall–Kier alpha value is -2.25. The normalized spacial score (nSPS) is 11.0. The molecule has 0 unspecified atom stereocenters. The van der Waals surface area contributed by atoms with Crippen LogP contribution < -0.4 is 5.32 Å². The van der Waals surface area contributed by atoms with Crippen molar-refractivity contribution in [3.05, 3.63) is 22.5 Å². The summed E-state index contributed by atoms with van der Waals surface area (Å²) in [4.78, 5) is 27.9. The zero-order valence-corrected chi connectivity index (χ0v) is 10.1. The van der Waals surface area contributed by atoms with E-state index in [1.165, 1.54) is 0 Å². The maximum Gasteiger partial charge on any atom is 0.305 e. The van der Waals surface area contributed by atoms with Crippen LogP contribution >= 0.6 is 0 Å². The number of carboxylic acid groups (broad SMARTS) is 1. The fourth-order valence-corrected chi connectivity index (χ4v) is 1.26. The van der Waals surface area contributed by atoms with Crippen LogP contribution in [0.4, 0.5) is 11.6 Å². The van der Waals surface area contributed by atoms with Gasteiger partial charge in [-0.15, -0.1) is 0 Å². The highest BCUT2D eigenvalue weighted by Gasteiger charge is 2.20. The first-order chi connectivity index (χ1) is 8.30. The molecule has 0 amide bonds. The lowest BCUT2D eigenvalue weighted by Crippen LogP contribution is -2.32. The third-order valence-corrected chi connectivity index (χ3v) is 2.26. The average Bonchev–Trinajstić information content (AvgIpc) is 2.27. The quantitative estimate of drug-likeness (QED) is 0.582. The van der Waals surface area contributed by atoms with Crippen LogP contribution in [-0.2, 0) is 4.79 Å². The smallest absolute Gasteiger partial charge is 0.305 e. The second-order valence-electron chi connectivity index (χ2n) is 4.42. The Bertz CT molecular complexity index is 444. The molecule has 0 radical (unpaired) electrons. The fourth-order valence-electron chi connectivity index (χ4n) is 1.26. The highest BCUT2D eigenvalue weighted by molar-refractivity contribution is 5.66. The molecule has 2 N–H and O–H groups in total. The van der Waals surface area contributed by atoms with E-state index in [-0.39, 0.29) is 18.1 Å². The van der Waals surface area contributed by atoms with Crippen molar-refractivity contribution in [2.45, 2.75) is 32.2 Å². The minimum absolute atomic E-state index is 0.0208. The van der Waals surface area contributed by atoms with E-state index < -0.39 is 16.4 Å². The number of nitro groups is 1. The van der Waals surface area contributed by atoms with Gasteiger partial charge >= 0.3 is 11.7 Å². The predicted octanol–water partition coefficient (Wildman–Crippen LogP) is 1.44. The summed E-state index contributed by atoms with van der Waals surface area (Å²) in [6.45, 7) is 3.61. The van der Waals surface area contributed by atoms with Gasteiger partial charge in [-0.3, -0.25) is 14.9 Å². The summed E-state index contributed by atoms with van der Waals surface area (Å²) in [6.07, 6.45) is 2.61. The zero-order valence-electron chi connectivity index (χ0n) is 10.1. The molecule has 18 heavy (non-hydrogen) atoms. The highest BCUT2D eigenvalue weighted by Crippen LogP contribution is 2.17. The lowest BCUT2D eigenvalue weighted by molar-refractivity contribution is -0.385. The van der Waals surface area contributed by atoms with Gasteiger partial charge in [-0.2, -0.15) is 0 Å². The van der Waals surface area contributed by atoms with E-state index in [4.69, 9.17) is 5.11 Å². The molecular formula is C10H14N4O4. The number of aliphatic carboxylic acids is 1. The molecule has 1 aromatic rings. The molecule has 8 heteroatoms. The largest absolute Gasteiger partial charge is 0.481 e. The van der Waals surface area contributed by atoms with Gasteiger partial charge in [0, 0.05) is 12.0 Å². The van der Waals surface area contributed by atoms with Gasteiger partial charge in [0.2, 0.25) is 5.95 Å². The fraction of sp³-hybridized carbons (Fsp3) is 0.500. The van der Waals surface area contributed by atoms with Crippen molar-refractivity contribution in [2.24, 2.45) is 0 Å². The van der Waals surface area contributed by atoms with Crippen LogP contribution in [0.5, 0.6) is 0 Å². The van der Waals surface area contributed by atoms with Crippen molar-refractivity contribution in [3.8, 4) is 0 Å². The molecule has 1 rings (SSSR count). The summed E-state index contributed by atoms with van der Waals surface area (Å²) in [6, 6.07) is 0. The molecule has 1 heterocycles. The molecule has 0 bridgehead atoms. The molecule has 0 spiro atoms. The van der Waals surface area contributed by atoms with Crippen molar-refractivity contribution in [1.82, 2.24) is 9.97 Å². The van der Waals surface area contributed by atoms with Crippen molar-refractivity contribution in [2.75, 3.05) is 5.32 Å². The maximum atomic E-state index is 10.5. The van der Waals surface area contributed by atoms with E-state index in [0.29, 0.717) is 6.42 Å². The van der Waals surface area contributed by atoms with E-state index in [1.54, 1.807) is 13.8 Å². The summed E-state index contributed by atoms with van der Waals surface area (Å²) >= 11 is 0. The Morgan fingerprint density at radius 3 is 2.50 bits per heavy atom. The molecule has 0 aliphatic heterocycles. The summed E-state index contributed by atoms with van der Waals surface area (Å²) in [5.41, 5.74) is -0.696. The molecule has 0 aliphatic rings. The number of nitrogens with zero attached hydrogens (tertiary/aromatic N) is 3. The number of carbonyl (C=O) groups is 1. The van der Waals surface area contributed by atoms with Crippen LogP contribution in [0.1, 0.15) is 26.7 Å². The highest BCUT2D eigenvalue weighted by atomic mass is 16.6. The van der Waals surface area contributed by atoms with Gasteiger partial charge in [-0.25, -0.2) is 9.97 Å². The minimum atomic E-state index is -0.880. The number of anilines is 1. The van der Waals surface area contributed by atoms with Gasteiger partial charge in [-0.05, 0) is 20.3 Å². The molecule has 0 saturated heterocycles. The molecule has 0 aliphatic carbocycles. The second-order valence-corrected chi connectivity index (χ2v) is 4.42. The average molecular weight is 254 g/mol. The Morgan fingerprint density at radius 1 is 1.50 bits per heavy atom. The molecule has 0 fully saturated rings. The summed E-state index contributed by atoms with van der Waals surface area (Å²) < 4.78 is 0. The Labute approximate surface area is 103 Å². The van der Waals surface area contributed by atoms with E-state index >= 15 is 0 Å². The van der Waals surface area contributed by atoms with Gasteiger partial charge in [0.15, 0.2) is 0 Å². The lowest BCUT2D eigenvalue weighted by Gasteiger charge is -2.25. The van der Waals surface area contributed by atoms with Gasteiger partial charge in [-0.1, -0.05) is 0 Å². The molecule has 0 aromatic carbocycles. The lowest BCUT2D eigenvalue weighted by atomic mass is 9.99. The van der Waals surface area contributed by atoms with Crippen LogP contribution in [0.2, 0.25) is 0 Å². The maximum absolute atomic E-state index is 10.5. The molecule has 0 saturated carbocycles. The molecular weight excluding hydrogens is 240 g/mol. The van der Waals surface area contributed by atoms with Crippen LogP contribution in [0, 0.1) is 10.1 Å². The summed E-state index contributed by atoms with van der Waals surface area (Å²) in [7, 11) is 0. The Kier molecular flexibility index (Phi) is 4.13. The Morgan fingerprint density at radius 2 is 2.06 bits per heavy atom. The van der Waals surface area contributed by atoms with Crippen LogP contribution in [-0.4, -0.2) is 31.5 Å². The molecule has 0 atom stereocenters. The van der Waals surface area contributed by atoms with Crippen LogP contribution in [0.25, 0.3) is 0 Å². The molecule has 1 aromatic heterocycles. The van der Waals surface area contributed by atoms with Gasteiger partial charge in [0.05, 0.1) is 4.92 Å². The third-order valence-electron chi connectivity index (χ3n) is 2.26. The number of hydrogen-bond acceptors (Lipinski definition) is 6. The van der Waals surface area contributed by atoms with Crippen molar-refractivity contribution in [1.29, 1.82) is 0 Å². The number of aromatic nitrogens is 2. The monoisotopic (exact) mass is 254 g/mol. The number of nitrogens with one attached hydrogen (secondary N) is 1. The van der Waals surface area contributed by atoms with Crippen LogP contribution in [0.3, 0.4) is 0 Å². The predicted molar refractivity (Wildman–Crippen MR) is 63.3 cm³/mol. The van der Waals surface area contributed by atoms with Gasteiger partial charge in [0.1, 0.15) is 12.4 Å². The summed E-state index contributed by atoms with van der Waals surface area (Å²) in [5, 5.41) is 22.0. The molecule has 98 valence electrons. The van der Waals surface area contributed by atoms with E-state index in [1.807, 2.05) is 0 Å². The van der Waals surface area contributed by atoms with Crippen molar-refractivity contribution >= 4 is 17.6 Å². The summed E-state index contributed by atoms with van der Waals surface area (Å²) in [5.74, 6) is -0.648. The van der Waals surface area contributed by atoms with Crippen molar-refractivity contribution in [3.63, 3.8) is 0 Å². The minimum Gasteiger partial charge on any atom is -0.481 e. The van der Waals surface area contributed by atoms with Gasteiger partial charge < -0.3 is 10.4 Å². The first-order valence-electron chi connectivity index (χ1n) is 5.26. The van der Waals surface area contributed by atoms with Crippen LogP contribution in [0.15, 0.2) is 12.4 Å². The first-order valence-corrected chi connectivity index (χ1v) is 5.26. The topological polar surface area (TPSA) is 118 Å². The molecule has 8 nitrogen and oxygen atoms in total. The van der Waals surface area contributed by atoms with E-state index in [2.05, 4.69) is 15.3 Å². The SMILES string of the molecule is CC(C)(CCC(=O)O)Nc1ncc([N+](=O)[O-])cn1. The number of hydrogen-bond donors (Lipinski definition) is 2. The van der Waals surface area contributed by atoms with Gasteiger partial charge in [0.25, 0.3) is 0 Å².